The van der Waals surface area contributed by atoms with Gasteiger partial charge in [0.05, 0.1) is 4.92 Å². The molecule has 0 spiro atoms. The van der Waals surface area contributed by atoms with Gasteiger partial charge in [-0.2, -0.15) is 0 Å². The van der Waals surface area contributed by atoms with E-state index in [2.05, 4.69) is 20.6 Å². The number of fused-ring (bicyclic) bond motifs is 1. The lowest BCUT2D eigenvalue weighted by Gasteiger charge is -2.12. The van der Waals surface area contributed by atoms with E-state index in [1.807, 2.05) is 32.0 Å². The number of rotatable bonds is 5. The minimum Gasteiger partial charge on any atom is -0.454 e. The highest BCUT2D eigenvalue weighted by atomic mass is 16.7. The van der Waals surface area contributed by atoms with Crippen molar-refractivity contribution in [3.63, 3.8) is 0 Å². The summed E-state index contributed by atoms with van der Waals surface area (Å²) in [7, 11) is 0. The fraction of sp³-hybridized carbons (Fsp3) is 0.158. The monoisotopic (exact) mass is 379 g/mol. The number of benzene rings is 2. The van der Waals surface area contributed by atoms with Gasteiger partial charge in [0, 0.05) is 17.4 Å². The second-order valence-electron chi connectivity index (χ2n) is 6.31. The molecule has 2 aromatic carbocycles. The number of aryl methyl sites for hydroxylation is 2. The topological polar surface area (TPSA) is 111 Å². The highest BCUT2D eigenvalue weighted by Crippen LogP contribution is 2.37. The lowest BCUT2D eigenvalue weighted by molar-refractivity contribution is -0.383. The zero-order valence-electron chi connectivity index (χ0n) is 15.2. The number of nitrogens with zero attached hydrogens (tertiary/aromatic N) is 3. The number of anilines is 4. The molecule has 28 heavy (non-hydrogen) atoms. The minimum atomic E-state index is -0.511. The molecule has 9 heteroatoms. The van der Waals surface area contributed by atoms with Crippen molar-refractivity contribution in [1.29, 1.82) is 0 Å². The average Bonchev–Trinajstić information content (AvgIpc) is 3.12. The molecule has 0 unspecified atom stereocenters. The first-order valence-electron chi connectivity index (χ1n) is 8.51. The summed E-state index contributed by atoms with van der Waals surface area (Å²) in [6, 6.07) is 11.0. The fourth-order valence-electron chi connectivity index (χ4n) is 2.84. The van der Waals surface area contributed by atoms with Gasteiger partial charge in [0.25, 0.3) is 0 Å². The van der Waals surface area contributed by atoms with Crippen molar-refractivity contribution in [3.05, 3.63) is 64.0 Å². The number of nitrogens with one attached hydrogen (secondary N) is 2. The Morgan fingerprint density at radius 3 is 2.54 bits per heavy atom. The minimum absolute atomic E-state index is 0.0756. The van der Waals surface area contributed by atoms with E-state index in [0.717, 1.165) is 16.8 Å². The van der Waals surface area contributed by atoms with Gasteiger partial charge >= 0.3 is 5.69 Å². The predicted molar refractivity (Wildman–Crippen MR) is 104 cm³/mol. The van der Waals surface area contributed by atoms with Crippen LogP contribution in [0.1, 0.15) is 11.1 Å². The molecule has 9 nitrogen and oxygen atoms in total. The van der Waals surface area contributed by atoms with E-state index in [1.54, 1.807) is 18.2 Å². The molecule has 1 aliphatic heterocycles. The van der Waals surface area contributed by atoms with Crippen molar-refractivity contribution in [2.24, 2.45) is 0 Å². The van der Waals surface area contributed by atoms with Crippen molar-refractivity contribution in [2.75, 3.05) is 17.4 Å². The Bertz CT molecular complexity index is 1070. The summed E-state index contributed by atoms with van der Waals surface area (Å²) in [6.07, 6.45) is 1.27. The molecule has 0 amide bonds. The van der Waals surface area contributed by atoms with Crippen LogP contribution in [0.4, 0.5) is 28.7 Å². The number of ether oxygens (including phenoxy) is 2. The van der Waals surface area contributed by atoms with Crippen LogP contribution in [0.25, 0.3) is 0 Å². The summed E-state index contributed by atoms with van der Waals surface area (Å²) in [5.74, 6) is 1.37. The van der Waals surface area contributed by atoms with E-state index < -0.39 is 4.92 Å². The van der Waals surface area contributed by atoms with Crippen molar-refractivity contribution in [3.8, 4) is 11.5 Å². The van der Waals surface area contributed by atoms with Crippen LogP contribution < -0.4 is 20.1 Å². The Labute approximate surface area is 160 Å². The van der Waals surface area contributed by atoms with E-state index in [-0.39, 0.29) is 24.1 Å². The maximum Gasteiger partial charge on any atom is 0.353 e. The van der Waals surface area contributed by atoms with Gasteiger partial charge in [-0.25, -0.2) is 9.97 Å². The molecule has 3 aromatic rings. The molecule has 0 radical (unpaired) electrons. The zero-order valence-corrected chi connectivity index (χ0v) is 15.2. The van der Waals surface area contributed by atoms with E-state index in [9.17, 15) is 10.1 Å². The number of aromatic nitrogens is 2. The molecule has 2 N–H and O–H groups in total. The van der Waals surface area contributed by atoms with Gasteiger partial charge < -0.3 is 20.1 Å². The molecule has 0 atom stereocenters. The van der Waals surface area contributed by atoms with Crippen LogP contribution in [0.5, 0.6) is 11.5 Å². The molecular formula is C19H17N5O4. The molecule has 1 aromatic heterocycles. The smallest absolute Gasteiger partial charge is 0.353 e. The van der Waals surface area contributed by atoms with Crippen LogP contribution in [-0.4, -0.2) is 21.7 Å². The van der Waals surface area contributed by atoms with Gasteiger partial charge in [-0.3, -0.25) is 10.1 Å². The Kier molecular flexibility index (Phi) is 4.40. The summed E-state index contributed by atoms with van der Waals surface area (Å²) in [4.78, 5) is 19.4. The van der Waals surface area contributed by atoms with Crippen LogP contribution in [0.2, 0.25) is 0 Å². The molecule has 4 rings (SSSR count). The van der Waals surface area contributed by atoms with Crippen molar-refractivity contribution < 1.29 is 14.4 Å². The predicted octanol–water partition coefficient (Wildman–Crippen LogP) is 4.22. The molecule has 142 valence electrons. The lowest BCUT2D eigenvalue weighted by atomic mass is 10.1. The standard InChI is InChI=1S/C19H17N5O4/c1-11-3-4-12(2)14(7-11)23-19-17(24(25)26)18(20-9-21-19)22-13-5-6-15-16(8-13)28-10-27-15/h3-9H,10H2,1-2H3,(H2,20,21,22,23). The second kappa shape index (κ2) is 7.03. The Balaban J connectivity index is 1.69. The maximum absolute atomic E-state index is 11.8. The molecule has 0 aliphatic carbocycles. The van der Waals surface area contributed by atoms with E-state index >= 15 is 0 Å². The van der Waals surface area contributed by atoms with Gasteiger partial charge in [-0.05, 0) is 43.2 Å². The third-order valence-corrected chi connectivity index (χ3v) is 4.29. The van der Waals surface area contributed by atoms with Gasteiger partial charge in [-0.15, -0.1) is 0 Å². The SMILES string of the molecule is Cc1ccc(C)c(Nc2ncnc(Nc3ccc4c(c3)OCO4)c2[N+](=O)[O-])c1. The van der Waals surface area contributed by atoms with Crippen LogP contribution in [0, 0.1) is 24.0 Å². The van der Waals surface area contributed by atoms with Gasteiger partial charge in [-0.1, -0.05) is 12.1 Å². The average molecular weight is 379 g/mol. The summed E-state index contributed by atoms with van der Waals surface area (Å²) >= 11 is 0. The zero-order chi connectivity index (χ0) is 19.7. The first-order chi connectivity index (χ1) is 13.5. The highest BCUT2D eigenvalue weighted by molar-refractivity contribution is 5.78. The Hall–Kier alpha value is -3.88. The van der Waals surface area contributed by atoms with Crippen LogP contribution in [-0.2, 0) is 0 Å². The number of hydrogen-bond acceptors (Lipinski definition) is 8. The number of hydrogen-bond donors (Lipinski definition) is 2. The van der Waals surface area contributed by atoms with E-state index in [4.69, 9.17) is 9.47 Å². The maximum atomic E-state index is 11.8. The van der Waals surface area contributed by atoms with Gasteiger partial charge in [0.1, 0.15) is 6.33 Å². The van der Waals surface area contributed by atoms with Crippen LogP contribution in [0.3, 0.4) is 0 Å². The largest absolute Gasteiger partial charge is 0.454 e. The molecule has 1 aliphatic rings. The molecule has 0 fully saturated rings. The van der Waals surface area contributed by atoms with Crippen molar-refractivity contribution in [1.82, 2.24) is 9.97 Å². The van der Waals surface area contributed by atoms with Crippen molar-refractivity contribution >= 4 is 28.7 Å². The summed E-state index contributed by atoms with van der Waals surface area (Å²) < 4.78 is 10.6. The van der Waals surface area contributed by atoms with E-state index in [1.165, 1.54) is 6.33 Å². The summed E-state index contributed by atoms with van der Waals surface area (Å²) in [5.41, 5.74) is 3.06. The second-order valence-corrected chi connectivity index (χ2v) is 6.31. The quantitative estimate of drug-likeness (QED) is 0.501. The molecular weight excluding hydrogens is 362 g/mol. The van der Waals surface area contributed by atoms with E-state index in [0.29, 0.717) is 17.2 Å². The lowest BCUT2D eigenvalue weighted by Crippen LogP contribution is -2.06. The summed E-state index contributed by atoms with van der Waals surface area (Å²) in [6.45, 7) is 4.02. The third kappa shape index (κ3) is 3.37. The summed E-state index contributed by atoms with van der Waals surface area (Å²) in [5, 5.41) is 17.8. The van der Waals surface area contributed by atoms with Crippen molar-refractivity contribution in [2.45, 2.75) is 13.8 Å². The van der Waals surface area contributed by atoms with Crippen LogP contribution in [0.15, 0.2) is 42.7 Å². The van der Waals surface area contributed by atoms with Gasteiger partial charge in [0.2, 0.25) is 18.4 Å². The highest BCUT2D eigenvalue weighted by Gasteiger charge is 2.24. The first kappa shape index (κ1) is 17.5. The third-order valence-electron chi connectivity index (χ3n) is 4.29. The molecule has 2 heterocycles. The molecule has 0 saturated carbocycles. The normalized spacial score (nSPS) is 11.9. The molecule has 0 bridgehead atoms. The Morgan fingerprint density at radius 1 is 1.00 bits per heavy atom. The Morgan fingerprint density at radius 2 is 1.75 bits per heavy atom. The van der Waals surface area contributed by atoms with Crippen LogP contribution >= 0.6 is 0 Å². The number of nitro groups is 1. The molecule has 0 saturated heterocycles. The fourth-order valence-corrected chi connectivity index (χ4v) is 2.84. The first-order valence-corrected chi connectivity index (χ1v) is 8.51. The van der Waals surface area contributed by atoms with Gasteiger partial charge in [0.15, 0.2) is 11.5 Å².